The van der Waals surface area contributed by atoms with Crippen molar-refractivity contribution in [1.29, 1.82) is 0 Å². The molecule has 0 spiro atoms. The molecule has 0 aliphatic rings. The first-order chi connectivity index (χ1) is 9.28. The Morgan fingerprint density at radius 3 is 2.89 bits per heavy atom. The van der Waals surface area contributed by atoms with E-state index in [0.717, 1.165) is 33.4 Å². The van der Waals surface area contributed by atoms with Gasteiger partial charge in [0.05, 0.1) is 23.5 Å². The molecule has 19 heavy (non-hydrogen) atoms. The van der Waals surface area contributed by atoms with Gasteiger partial charge in [0.25, 0.3) is 0 Å². The molecule has 0 unspecified atom stereocenters. The average Bonchev–Trinajstić information content (AvgIpc) is 2.77. The molecule has 0 saturated heterocycles. The van der Waals surface area contributed by atoms with E-state index in [1.165, 1.54) is 0 Å². The predicted octanol–water partition coefficient (Wildman–Crippen LogP) is 3.98. The van der Waals surface area contributed by atoms with E-state index in [4.69, 9.17) is 11.6 Å². The van der Waals surface area contributed by atoms with E-state index in [9.17, 15) is 0 Å². The standard InChI is InChI=1S/C14H11BrClN3/c15-11-3-4-13-12(6-11)18-14(7-16)19(13)9-10-2-1-5-17-8-10/h1-6,8H,7,9H2. The number of alkyl halides is 1. The second kappa shape index (κ2) is 5.31. The van der Waals surface area contributed by atoms with E-state index in [2.05, 4.69) is 42.6 Å². The Morgan fingerprint density at radius 2 is 2.16 bits per heavy atom. The second-order valence-electron chi connectivity index (χ2n) is 4.24. The molecule has 0 N–H and O–H groups in total. The van der Waals surface area contributed by atoms with Gasteiger partial charge in [-0.05, 0) is 29.8 Å². The maximum Gasteiger partial charge on any atom is 0.125 e. The van der Waals surface area contributed by atoms with Crippen molar-refractivity contribution in [3.8, 4) is 0 Å². The average molecular weight is 337 g/mol. The molecular weight excluding hydrogens is 326 g/mol. The number of halogens is 2. The summed E-state index contributed by atoms with van der Waals surface area (Å²) >= 11 is 9.46. The molecule has 5 heteroatoms. The fraction of sp³-hybridized carbons (Fsp3) is 0.143. The van der Waals surface area contributed by atoms with Gasteiger partial charge in [0.1, 0.15) is 5.82 Å². The van der Waals surface area contributed by atoms with E-state index in [-0.39, 0.29) is 0 Å². The van der Waals surface area contributed by atoms with Crippen LogP contribution in [0.3, 0.4) is 0 Å². The number of aromatic nitrogens is 3. The van der Waals surface area contributed by atoms with Crippen molar-refractivity contribution in [1.82, 2.24) is 14.5 Å². The van der Waals surface area contributed by atoms with Crippen LogP contribution in [0.1, 0.15) is 11.4 Å². The van der Waals surface area contributed by atoms with Gasteiger partial charge in [-0.1, -0.05) is 22.0 Å². The molecule has 2 aromatic heterocycles. The van der Waals surface area contributed by atoms with Gasteiger partial charge in [-0.15, -0.1) is 11.6 Å². The lowest BCUT2D eigenvalue weighted by atomic mass is 10.2. The van der Waals surface area contributed by atoms with E-state index in [0.29, 0.717) is 5.88 Å². The van der Waals surface area contributed by atoms with Crippen molar-refractivity contribution in [3.05, 3.63) is 58.6 Å². The molecule has 3 nitrogen and oxygen atoms in total. The fourth-order valence-corrected chi connectivity index (χ4v) is 2.66. The van der Waals surface area contributed by atoms with Gasteiger partial charge < -0.3 is 4.57 Å². The number of benzene rings is 1. The zero-order valence-electron chi connectivity index (χ0n) is 10.1. The maximum absolute atomic E-state index is 6.00. The molecule has 3 aromatic rings. The minimum Gasteiger partial charge on any atom is -0.322 e. The van der Waals surface area contributed by atoms with E-state index >= 15 is 0 Å². The Kier molecular flexibility index (Phi) is 3.53. The third-order valence-electron chi connectivity index (χ3n) is 2.97. The zero-order valence-corrected chi connectivity index (χ0v) is 12.4. The van der Waals surface area contributed by atoms with Crippen LogP contribution in [0, 0.1) is 0 Å². The summed E-state index contributed by atoms with van der Waals surface area (Å²) in [5, 5.41) is 0. The summed E-state index contributed by atoms with van der Waals surface area (Å²) in [5.74, 6) is 1.27. The highest BCUT2D eigenvalue weighted by molar-refractivity contribution is 9.10. The van der Waals surface area contributed by atoms with Gasteiger partial charge >= 0.3 is 0 Å². The smallest absolute Gasteiger partial charge is 0.125 e. The van der Waals surface area contributed by atoms with E-state index < -0.39 is 0 Å². The van der Waals surface area contributed by atoms with Crippen molar-refractivity contribution >= 4 is 38.6 Å². The summed E-state index contributed by atoms with van der Waals surface area (Å²) in [6, 6.07) is 10.1. The van der Waals surface area contributed by atoms with Gasteiger partial charge in [0.2, 0.25) is 0 Å². The number of hydrogen-bond acceptors (Lipinski definition) is 2. The van der Waals surface area contributed by atoms with Crippen LogP contribution in [0.5, 0.6) is 0 Å². The molecule has 0 radical (unpaired) electrons. The lowest BCUT2D eigenvalue weighted by Crippen LogP contribution is -2.03. The molecule has 0 fully saturated rings. The van der Waals surface area contributed by atoms with Crippen molar-refractivity contribution in [2.24, 2.45) is 0 Å². The molecule has 2 heterocycles. The fourth-order valence-electron chi connectivity index (χ4n) is 2.11. The van der Waals surface area contributed by atoms with Crippen LogP contribution in [0.25, 0.3) is 11.0 Å². The Balaban J connectivity index is 2.11. The molecule has 0 atom stereocenters. The van der Waals surface area contributed by atoms with Crippen LogP contribution >= 0.6 is 27.5 Å². The number of nitrogens with zero attached hydrogens (tertiary/aromatic N) is 3. The first kappa shape index (κ1) is 12.6. The number of rotatable bonds is 3. The van der Waals surface area contributed by atoms with Crippen LogP contribution in [0.15, 0.2) is 47.2 Å². The summed E-state index contributed by atoms with van der Waals surface area (Å²) in [7, 11) is 0. The van der Waals surface area contributed by atoms with Crippen LogP contribution < -0.4 is 0 Å². The van der Waals surface area contributed by atoms with Crippen LogP contribution in [-0.2, 0) is 12.4 Å². The van der Waals surface area contributed by atoms with Gasteiger partial charge in [-0.2, -0.15) is 0 Å². The van der Waals surface area contributed by atoms with Gasteiger partial charge in [-0.3, -0.25) is 4.98 Å². The lowest BCUT2D eigenvalue weighted by Gasteiger charge is -2.07. The van der Waals surface area contributed by atoms with Gasteiger partial charge in [0.15, 0.2) is 0 Å². The topological polar surface area (TPSA) is 30.7 Å². The molecule has 0 saturated carbocycles. The lowest BCUT2D eigenvalue weighted by molar-refractivity contribution is 0.775. The molecule has 0 bridgehead atoms. The van der Waals surface area contributed by atoms with E-state index in [1.54, 1.807) is 6.20 Å². The minimum atomic E-state index is 0.395. The Hall–Kier alpha value is -1.39. The predicted molar refractivity (Wildman–Crippen MR) is 80.3 cm³/mol. The molecule has 3 rings (SSSR count). The third-order valence-corrected chi connectivity index (χ3v) is 3.70. The highest BCUT2D eigenvalue weighted by Crippen LogP contribution is 2.22. The molecule has 0 amide bonds. The molecule has 96 valence electrons. The number of fused-ring (bicyclic) bond motifs is 1. The monoisotopic (exact) mass is 335 g/mol. The molecule has 0 aliphatic heterocycles. The van der Waals surface area contributed by atoms with Gasteiger partial charge in [-0.25, -0.2) is 4.98 Å². The molecular formula is C14H11BrClN3. The molecule has 0 aliphatic carbocycles. The summed E-state index contributed by atoms with van der Waals surface area (Å²) in [6.45, 7) is 0.730. The zero-order chi connectivity index (χ0) is 13.2. The highest BCUT2D eigenvalue weighted by atomic mass is 79.9. The third kappa shape index (κ3) is 2.51. The van der Waals surface area contributed by atoms with Crippen molar-refractivity contribution in [2.45, 2.75) is 12.4 Å². The van der Waals surface area contributed by atoms with Crippen molar-refractivity contribution in [2.75, 3.05) is 0 Å². The van der Waals surface area contributed by atoms with Crippen LogP contribution in [-0.4, -0.2) is 14.5 Å². The minimum absolute atomic E-state index is 0.395. The van der Waals surface area contributed by atoms with E-state index in [1.807, 2.05) is 24.4 Å². The Bertz CT molecular complexity index is 709. The SMILES string of the molecule is ClCc1nc2cc(Br)ccc2n1Cc1cccnc1. The number of pyridine rings is 1. The summed E-state index contributed by atoms with van der Waals surface area (Å²) < 4.78 is 3.15. The quantitative estimate of drug-likeness (QED) is 0.677. The van der Waals surface area contributed by atoms with Crippen molar-refractivity contribution in [3.63, 3.8) is 0 Å². The first-order valence-corrected chi connectivity index (χ1v) is 7.20. The van der Waals surface area contributed by atoms with Crippen LogP contribution in [0.4, 0.5) is 0 Å². The second-order valence-corrected chi connectivity index (χ2v) is 5.43. The van der Waals surface area contributed by atoms with Crippen molar-refractivity contribution < 1.29 is 0 Å². The Labute approximate surface area is 124 Å². The summed E-state index contributed by atoms with van der Waals surface area (Å²) in [6.07, 6.45) is 3.64. The maximum atomic E-state index is 6.00. The largest absolute Gasteiger partial charge is 0.322 e. The van der Waals surface area contributed by atoms with Gasteiger partial charge in [0, 0.05) is 16.9 Å². The first-order valence-electron chi connectivity index (χ1n) is 5.87. The van der Waals surface area contributed by atoms with Crippen LogP contribution in [0.2, 0.25) is 0 Å². The summed E-state index contributed by atoms with van der Waals surface area (Å²) in [4.78, 5) is 8.71. The Morgan fingerprint density at radius 1 is 1.26 bits per heavy atom. The highest BCUT2D eigenvalue weighted by Gasteiger charge is 2.10. The summed E-state index contributed by atoms with van der Waals surface area (Å²) in [5.41, 5.74) is 3.17. The number of imidazole rings is 1. The molecule has 1 aromatic carbocycles. The number of hydrogen-bond donors (Lipinski definition) is 0. The normalized spacial score (nSPS) is 11.1.